The fourth-order valence-electron chi connectivity index (χ4n) is 1.55. The second-order valence-corrected chi connectivity index (χ2v) is 5.96. The van der Waals surface area contributed by atoms with Gasteiger partial charge in [-0.3, -0.25) is 9.59 Å². The fourth-order valence-corrected chi connectivity index (χ4v) is 2.45. The molecule has 0 fully saturated rings. The van der Waals surface area contributed by atoms with Gasteiger partial charge in [0.05, 0.1) is 10.0 Å². The van der Waals surface area contributed by atoms with E-state index in [9.17, 15) is 9.59 Å². The van der Waals surface area contributed by atoms with Crippen LogP contribution in [0.5, 0.6) is 11.5 Å². The molecule has 23 heavy (non-hydrogen) atoms. The van der Waals surface area contributed by atoms with Crippen molar-refractivity contribution in [3.63, 3.8) is 0 Å². The first kappa shape index (κ1) is 17.9. The molecule has 2 rings (SSSR count). The largest absolute Gasteiger partial charge is 0.425 e. The Bertz CT molecular complexity index is 698. The number of ether oxygens (including phenoxy) is 2. The molecule has 0 aliphatic heterocycles. The average molecular weight is 394 g/mol. The molecule has 0 spiro atoms. The van der Waals surface area contributed by atoms with E-state index in [0.717, 1.165) is 0 Å². The van der Waals surface area contributed by atoms with E-state index in [2.05, 4.69) is 0 Å². The number of rotatable bonds is 4. The average Bonchev–Trinajstić information content (AvgIpc) is 2.45. The fraction of sp³-hybridized carbons (Fsp3) is 0.0667. The van der Waals surface area contributed by atoms with Crippen LogP contribution in [0.3, 0.4) is 0 Å². The number of hydrogen-bond acceptors (Lipinski definition) is 4. The first-order valence-corrected chi connectivity index (χ1v) is 7.68. The summed E-state index contributed by atoms with van der Waals surface area (Å²) < 4.78 is 9.95. The Kier molecular flexibility index (Phi) is 6.13. The molecule has 4 nitrogen and oxygen atoms in total. The third kappa shape index (κ3) is 5.29. The number of carbonyl (C=O) groups is 2. The quantitative estimate of drug-likeness (QED) is 0.407. The summed E-state index contributed by atoms with van der Waals surface area (Å²) in [6.45, 7) is 0. The normalized spacial score (nSPS) is 10.3. The number of hydrogen-bond donors (Lipinski definition) is 0. The summed E-state index contributed by atoms with van der Waals surface area (Å²) in [5.41, 5.74) is 0. The molecule has 0 saturated carbocycles. The van der Waals surface area contributed by atoms with Crippen LogP contribution in [0.4, 0.5) is 0 Å². The van der Waals surface area contributed by atoms with Gasteiger partial charge in [0.1, 0.15) is 17.9 Å². The van der Waals surface area contributed by atoms with Crippen LogP contribution in [0.25, 0.3) is 0 Å². The summed E-state index contributed by atoms with van der Waals surface area (Å²) in [6, 6.07) is 8.67. The highest BCUT2D eigenvalue weighted by Gasteiger charge is 2.16. The van der Waals surface area contributed by atoms with E-state index in [1.54, 1.807) is 0 Å². The Morgan fingerprint density at radius 1 is 0.739 bits per heavy atom. The molecule has 8 heteroatoms. The zero-order valence-electron chi connectivity index (χ0n) is 11.3. The highest BCUT2D eigenvalue weighted by atomic mass is 35.5. The molecule has 0 aliphatic carbocycles. The lowest BCUT2D eigenvalue weighted by Gasteiger charge is -2.08. The topological polar surface area (TPSA) is 52.6 Å². The van der Waals surface area contributed by atoms with Gasteiger partial charge in [-0.05, 0) is 36.4 Å². The molecule has 0 aromatic heterocycles. The Balaban J connectivity index is 1.95. The molecule has 2 aromatic carbocycles. The van der Waals surface area contributed by atoms with Crippen molar-refractivity contribution in [2.24, 2.45) is 0 Å². The van der Waals surface area contributed by atoms with E-state index in [1.165, 1.54) is 36.4 Å². The lowest BCUT2D eigenvalue weighted by molar-refractivity contribution is -0.144. The van der Waals surface area contributed by atoms with Gasteiger partial charge in [0, 0.05) is 10.0 Å². The van der Waals surface area contributed by atoms with Crippen LogP contribution >= 0.6 is 46.4 Å². The van der Waals surface area contributed by atoms with Crippen molar-refractivity contribution in [2.45, 2.75) is 6.42 Å². The van der Waals surface area contributed by atoms with Crippen LogP contribution in [0.15, 0.2) is 36.4 Å². The van der Waals surface area contributed by atoms with Gasteiger partial charge < -0.3 is 9.47 Å². The molecular formula is C15H8Cl4O4. The SMILES string of the molecule is O=C(CC(=O)Oc1ccc(Cl)cc1Cl)Oc1ccc(Cl)cc1Cl. The summed E-state index contributed by atoms with van der Waals surface area (Å²) in [5, 5.41) is 1.10. The van der Waals surface area contributed by atoms with Crippen molar-refractivity contribution in [2.75, 3.05) is 0 Å². The van der Waals surface area contributed by atoms with Gasteiger partial charge in [-0.1, -0.05) is 46.4 Å². The molecular weight excluding hydrogens is 386 g/mol. The van der Waals surface area contributed by atoms with Crippen molar-refractivity contribution in [1.82, 2.24) is 0 Å². The molecule has 0 aliphatic rings. The second kappa shape index (κ2) is 7.88. The number of carbonyl (C=O) groups excluding carboxylic acids is 2. The van der Waals surface area contributed by atoms with E-state index >= 15 is 0 Å². The van der Waals surface area contributed by atoms with E-state index in [-0.39, 0.29) is 21.5 Å². The Morgan fingerprint density at radius 3 is 1.48 bits per heavy atom. The number of halogens is 4. The van der Waals surface area contributed by atoms with Crippen LogP contribution in [0, 0.1) is 0 Å². The van der Waals surface area contributed by atoms with Gasteiger partial charge >= 0.3 is 11.9 Å². The standard InChI is InChI=1S/C15H8Cl4O4/c16-8-1-3-12(10(18)5-8)22-14(20)7-15(21)23-13-4-2-9(17)6-11(13)19/h1-6H,7H2. The molecule has 0 N–H and O–H groups in total. The zero-order valence-corrected chi connectivity index (χ0v) is 14.3. The van der Waals surface area contributed by atoms with Crippen LogP contribution in [-0.4, -0.2) is 11.9 Å². The van der Waals surface area contributed by atoms with Gasteiger partial charge in [0.25, 0.3) is 0 Å². The van der Waals surface area contributed by atoms with Crippen molar-refractivity contribution < 1.29 is 19.1 Å². The number of benzene rings is 2. The summed E-state index contributed by atoms with van der Waals surface area (Å²) in [6.07, 6.45) is -0.613. The molecule has 0 radical (unpaired) electrons. The first-order valence-electron chi connectivity index (χ1n) is 6.16. The van der Waals surface area contributed by atoms with Crippen LogP contribution < -0.4 is 9.47 Å². The lowest BCUT2D eigenvalue weighted by atomic mass is 10.3. The van der Waals surface area contributed by atoms with Gasteiger partial charge in [0.2, 0.25) is 0 Å². The van der Waals surface area contributed by atoms with Crippen molar-refractivity contribution in [3.05, 3.63) is 56.5 Å². The Labute approximate surface area is 151 Å². The smallest absolute Gasteiger partial charge is 0.322 e. The van der Waals surface area contributed by atoms with E-state index < -0.39 is 18.4 Å². The highest BCUT2D eigenvalue weighted by molar-refractivity contribution is 6.36. The predicted molar refractivity (Wildman–Crippen MR) is 88.8 cm³/mol. The van der Waals surface area contributed by atoms with E-state index in [1.807, 2.05) is 0 Å². The minimum Gasteiger partial charge on any atom is -0.425 e. The van der Waals surface area contributed by atoms with Crippen LogP contribution in [0.2, 0.25) is 20.1 Å². The predicted octanol–water partition coefficient (Wildman–Crippen LogP) is 5.20. The molecule has 0 amide bonds. The second-order valence-electron chi connectivity index (χ2n) is 4.27. The van der Waals surface area contributed by atoms with Crippen molar-refractivity contribution in [1.29, 1.82) is 0 Å². The van der Waals surface area contributed by atoms with Crippen molar-refractivity contribution >= 4 is 58.3 Å². The summed E-state index contributed by atoms with van der Waals surface area (Å²) in [5.74, 6) is -1.47. The van der Waals surface area contributed by atoms with E-state index in [4.69, 9.17) is 55.9 Å². The molecule has 0 unspecified atom stereocenters. The number of esters is 2. The molecule has 120 valence electrons. The summed E-state index contributed by atoms with van der Waals surface area (Å²) in [7, 11) is 0. The van der Waals surface area contributed by atoms with Gasteiger partial charge in [-0.15, -0.1) is 0 Å². The third-order valence-electron chi connectivity index (χ3n) is 2.52. The highest BCUT2D eigenvalue weighted by Crippen LogP contribution is 2.29. The minimum absolute atomic E-state index is 0.0957. The van der Waals surface area contributed by atoms with Crippen LogP contribution in [0.1, 0.15) is 6.42 Å². The Hall–Kier alpha value is -1.46. The van der Waals surface area contributed by atoms with Crippen LogP contribution in [-0.2, 0) is 9.59 Å². The maximum atomic E-state index is 11.7. The summed E-state index contributed by atoms with van der Waals surface area (Å²) >= 11 is 23.2. The van der Waals surface area contributed by atoms with Gasteiger partial charge in [-0.25, -0.2) is 0 Å². The van der Waals surface area contributed by atoms with Crippen molar-refractivity contribution in [3.8, 4) is 11.5 Å². The first-order chi connectivity index (χ1) is 10.8. The Morgan fingerprint density at radius 2 is 1.13 bits per heavy atom. The monoisotopic (exact) mass is 392 g/mol. The molecule has 0 atom stereocenters. The lowest BCUT2D eigenvalue weighted by Crippen LogP contribution is -2.18. The molecule has 0 heterocycles. The molecule has 0 saturated heterocycles. The van der Waals surface area contributed by atoms with Gasteiger partial charge in [0.15, 0.2) is 0 Å². The third-order valence-corrected chi connectivity index (χ3v) is 3.59. The molecule has 2 aromatic rings. The van der Waals surface area contributed by atoms with E-state index in [0.29, 0.717) is 10.0 Å². The minimum atomic E-state index is -0.829. The maximum Gasteiger partial charge on any atom is 0.322 e. The van der Waals surface area contributed by atoms with Gasteiger partial charge in [-0.2, -0.15) is 0 Å². The summed E-state index contributed by atoms with van der Waals surface area (Å²) in [4.78, 5) is 23.4. The maximum absolute atomic E-state index is 11.7. The molecule has 0 bridgehead atoms. The zero-order chi connectivity index (χ0) is 17.0.